The van der Waals surface area contributed by atoms with Crippen molar-refractivity contribution in [1.29, 1.82) is 0 Å². The van der Waals surface area contributed by atoms with Gasteiger partial charge in [-0.05, 0) is 72.8 Å². The fraction of sp³-hybridized carbons (Fsp3) is 0.0526. The third-order valence-electron chi connectivity index (χ3n) is 3.14. The van der Waals surface area contributed by atoms with E-state index in [0.717, 1.165) is 14.7 Å². The Kier molecular flexibility index (Phi) is 6.39. The Balaban J connectivity index is 1.77. The lowest BCUT2D eigenvalue weighted by Gasteiger charge is -2.16. The van der Waals surface area contributed by atoms with E-state index in [1.165, 1.54) is 36.4 Å². The summed E-state index contributed by atoms with van der Waals surface area (Å²) in [6, 6.07) is 18.9. The van der Waals surface area contributed by atoms with Crippen molar-refractivity contribution in [2.24, 2.45) is 0 Å². The number of hydrogen-bond donors (Lipinski definition) is 0. The van der Waals surface area contributed by atoms with Crippen LogP contribution in [0.3, 0.4) is 0 Å². The van der Waals surface area contributed by atoms with Gasteiger partial charge < -0.3 is 0 Å². The molecule has 0 bridgehead atoms. The number of halogens is 3. The molecule has 0 fully saturated rings. The Morgan fingerprint density at radius 2 is 0.680 bits per heavy atom. The van der Waals surface area contributed by atoms with Gasteiger partial charge in [0.15, 0.2) is 0 Å². The summed E-state index contributed by atoms with van der Waals surface area (Å²) < 4.78 is 39.3. The summed E-state index contributed by atoms with van der Waals surface area (Å²) in [6.45, 7) is 0. The summed E-state index contributed by atoms with van der Waals surface area (Å²) in [7, 11) is 0. The topological polar surface area (TPSA) is 0 Å². The first kappa shape index (κ1) is 18.3. The predicted octanol–water partition coefficient (Wildman–Crippen LogP) is 7.06. The average molecular weight is 395 g/mol. The van der Waals surface area contributed by atoms with Crippen molar-refractivity contribution in [3.05, 3.63) is 90.2 Å². The predicted molar refractivity (Wildman–Crippen MR) is 101 cm³/mol. The molecule has 0 unspecified atom stereocenters. The maximum Gasteiger partial charge on any atom is 0.123 e. The highest BCUT2D eigenvalue weighted by Gasteiger charge is 2.15. The molecule has 128 valence electrons. The highest BCUT2D eigenvalue weighted by atomic mass is 32.3. The van der Waals surface area contributed by atoms with Gasteiger partial charge in [-0.3, -0.25) is 0 Å². The molecule has 0 spiro atoms. The highest BCUT2D eigenvalue weighted by molar-refractivity contribution is 8.32. The zero-order valence-corrected chi connectivity index (χ0v) is 15.3. The van der Waals surface area contributed by atoms with Crippen molar-refractivity contribution in [3.8, 4) is 0 Å². The maximum absolute atomic E-state index is 13.1. The summed E-state index contributed by atoms with van der Waals surface area (Å²) in [5, 5.41) is 0. The molecule has 25 heavy (non-hydrogen) atoms. The monoisotopic (exact) mass is 394 g/mol. The maximum atomic E-state index is 13.1. The van der Waals surface area contributed by atoms with E-state index in [9.17, 15) is 13.2 Å². The van der Waals surface area contributed by atoms with Crippen LogP contribution in [0, 0.1) is 17.5 Å². The van der Waals surface area contributed by atoms with Crippen molar-refractivity contribution in [2.75, 3.05) is 0 Å². The summed E-state index contributed by atoms with van der Waals surface area (Å²) in [5.41, 5.74) is 0. The molecule has 0 aliphatic heterocycles. The van der Waals surface area contributed by atoms with Gasteiger partial charge >= 0.3 is 0 Å². The van der Waals surface area contributed by atoms with E-state index < -0.39 is 0 Å². The molecule has 0 saturated carbocycles. The lowest BCUT2D eigenvalue weighted by atomic mass is 10.4. The second kappa shape index (κ2) is 8.74. The van der Waals surface area contributed by atoms with Crippen LogP contribution in [0.2, 0.25) is 0 Å². The molecule has 3 rings (SSSR count). The van der Waals surface area contributed by atoms with Gasteiger partial charge in [0.1, 0.15) is 21.4 Å². The molecule has 0 N–H and O–H groups in total. The van der Waals surface area contributed by atoms with Gasteiger partial charge in [-0.1, -0.05) is 35.3 Å². The van der Waals surface area contributed by atoms with E-state index in [1.807, 2.05) is 0 Å². The minimum absolute atomic E-state index is 0.00128. The van der Waals surface area contributed by atoms with Gasteiger partial charge in [0.25, 0.3) is 0 Å². The standard InChI is InChI=1S/C19H13F3S3/c20-13-1-7-16(8-2-13)23-19(24-17-9-3-14(21)4-10-17)25-18-11-5-15(22)6-12-18/h1-12,19H. The van der Waals surface area contributed by atoms with Crippen molar-refractivity contribution in [2.45, 2.75) is 18.6 Å². The second-order valence-electron chi connectivity index (χ2n) is 5.00. The molecule has 0 aliphatic carbocycles. The zero-order valence-electron chi connectivity index (χ0n) is 12.9. The molecule has 0 heterocycles. The van der Waals surface area contributed by atoms with Crippen LogP contribution in [0.5, 0.6) is 0 Å². The van der Waals surface area contributed by atoms with Gasteiger partial charge in [0.2, 0.25) is 0 Å². The molecular formula is C19H13F3S3. The van der Waals surface area contributed by atoms with Crippen LogP contribution in [-0.2, 0) is 0 Å². The fourth-order valence-corrected chi connectivity index (χ4v) is 6.07. The Morgan fingerprint density at radius 1 is 0.440 bits per heavy atom. The van der Waals surface area contributed by atoms with Crippen molar-refractivity contribution in [3.63, 3.8) is 0 Å². The van der Waals surface area contributed by atoms with E-state index >= 15 is 0 Å². The first-order valence-electron chi connectivity index (χ1n) is 7.35. The van der Waals surface area contributed by atoms with Gasteiger partial charge in [0, 0.05) is 14.7 Å². The highest BCUT2D eigenvalue weighted by Crippen LogP contribution is 2.45. The van der Waals surface area contributed by atoms with Crippen molar-refractivity contribution in [1.82, 2.24) is 0 Å². The number of rotatable bonds is 6. The fourth-order valence-electron chi connectivity index (χ4n) is 1.94. The van der Waals surface area contributed by atoms with Crippen LogP contribution in [0.15, 0.2) is 87.5 Å². The quantitative estimate of drug-likeness (QED) is 0.324. The lowest BCUT2D eigenvalue weighted by Crippen LogP contribution is -1.92. The molecular weight excluding hydrogens is 381 g/mol. The Hall–Kier alpha value is -1.50. The Labute approximate surface area is 157 Å². The molecule has 0 saturated heterocycles. The van der Waals surface area contributed by atoms with Crippen LogP contribution in [0.4, 0.5) is 13.2 Å². The molecule has 0 amide bonds. The SMILES string of the molecule is Fc1ccc(SC(Sc2ccc(F)cc2)Sc2ccc(F)cc2)cc1. The molecule has 0 aliphatic rings. The van der Waals surface area contributed by atoms with Crippen LogP contribution in [0.1, 0.15) is 0 Å². The largest absolute Gasteiger partial charge is 0.207 e. The van der Waals surface area contributed by atoms with E-state index in [1.54, 1.807) is 71.7 Å². The third kappa shape index (κ3) is 5.76. The van der Waals surface area contributed by atoms with Crippen LogP contribution in [0.25, 0.3) is 0 Å². The summed E-state index contributed by atoms with van der Waals surface area (Å²) in [4.78, 5) is 2.78. The smallest absolute Gasteiger partial charge is 0.123 e. The molecule has 0 radical (unpaired) electrons. The number of thioether (sulfide) groups is 3. The summed E-state index contributed by atoms with van der Waals surface area (Å²) in [5.74, 6) is -0.838. The summed E-state index contributed by atoms with van der Waals surface area (Å²) >= 11 is 4.70. The molecule has 3 aromatic rings. The van der Waals surface area contributed by atoms with E-state index in [-0.39, 0.29) is 21.4 Å². The first-order valence-corrected chi connectivity index (χ1v) is 9.99. The van der Waals surface area contributed by atoms with Gasteiger partial charge in [0.05, 0.1) is 0 Å². The molecule has 0 atom stereocenters. The average Bonchev–Trinajstić information content (AvgIpc) is 2.61. The molecule has 3 aromatic carbocycles. The number of benzene rings is 3. The Bertz CT molecular complexity index is 690. The van der Waals surface area contributed by atoms with E-state index in [2.05, 4.69) is 0 Å². The third-order valence-corrected chi connectivity index (χ3v) is 7.08. The Morgan fingerprint density at radius 3 is 0.920 bits per heavy atom. The van der Waals surface area contributed by atoms with E-state index in [0.29, 0.717) is 0 Å². The minimum atomic E-state index is -0.279. The van der Waals surface area contributed by atoms with Crippen molar-refractivity contribution < 1.29 is 13.2 Å². The zero-order chi connectivity index (χ0) is 17.6. The molecule has 0 aromatic heterocycles. The van der Waals surface area contributed by atoms with Gasteiger partial charge in [-0.25, -0.2) is 13.2 Å². The van der Waals surface area contributed by atoms with Crippen LogP contribution >= 0.6 is 35.3 Å². The van der Waals surface area contributed by atoms with Gasteiger partial charge in [-0.2, -0.15) is 0 Å². The first-order chi connectivity index (χ1) is 12.1. The lowest BCUT2D eigenvalue weighted by molar-refractivity contribution is 0.626. The summed E-state index contributed by atoms with van der Waals surface area (Å²) in [6.07, 6.45) is 0. The number of hydrogen-bond acceptors (Lipinski definition) is 3. The van der Waals surface area contributed by atoms with Crippen LogP contribution in [-0.4, -0.2) is 3.91 Å². The minimum Gasteiger partial charge on any atom is -0.207 e. The second-order valence-corrected chi connectivity index (χ2v) is 9.43. The normalized spacial score (nSPS) is 11.0. The molecule has 6 heteroatoms. The van der Waals surface area contributed by atoms with Crippen LogP contribution < -0.4 is 0 Å². The van der Waals surface area contributed by atoms with E-state index in [4.69, 9.17) is 0 Å². The van der Waals surface area contributed by atoms with Gasteiger partial charge in [-0.15, -0.1) is 0 Å². The van der Waals surface area contributed by atoms with Crippen molar-refractivity contribution >= 4 is 35.3 Å². The molecule has 0 nitrogen and oxygen atoms in total.